The molecule has 0 saturated carbocycles. The molecule has 2 fully saturated rings. The Morgan fingerprint density at radius 2 is 0.864 bits per heavy atom. The van der Waals surface area contributed by atoms with Crippen molar-refractivity contribution in [1.82, 2.24) is 26.6 Å². The van der Waals surface area contributed by atoms with Crippen molar-refractivity contribution in [2.75, 3.05) is 65.9 Å². The van der Waals surface area contributed by atoms with Crippen molar-refractivity contribution in [3.8, 4) is 0 Å². The minimum Gasteiger partial charge on any atom is -0.463 e. The number of rotatable bonds is 37. The van der Waals surface area contributed by atoms with Crippen LogP contribution >= 0.6 is 0 Å². The monoisotopic (exact) mass is 1250 g/mol. The summed E-state index contributed by atoms with van der Waals surface area (Å²) in [6.07, 6.45) is -9.56. The summed E-state index contributed by atoms with van der Waals surface area (Å²) in [5.74, 6) is -5.96. The van der Waals surface area contributed by atoms with Gasteiger partial charge in [0.15, 0.2) is 37.0 Å². The zero-order valence-corrected chi connectivity index (χ0v) is 52.5. The number of nitrogens with one attached hydrogen (secondary N) is 5. The largest absolute Gasteiger partial charge is 0.463 e. The quantitative estimate of drug-likeness (QED) is 0.0361. The number of hydrogen-bond donors (Lipinski definition) is 5. The fourth-order valence-corrected chi connectivity index (χ4v) is 9.15. The molecule has 2 aliphatic rings. The molecule has 3 rings (SSSR count). The lowest BCUT2D eigenvalue weighted by Crippen LogP contribution is -2.66. The van der Waals surface area contributed by atoms with Crippen LogP contribution in [0.5, 0.6) is 0 Å². The number of ether oxygens (including phenoxy) is 13. The number of esters is 6. The van der Waals surface area contributed by atoms with E-state index in [-0.39, 0.29) is 108 Å². The van der Waals surface area contributed by atoms with Gasteiger partial charge in [0.25, 0.3) is 0 Å². The van der Waals surface area contributed by atoms with Crippen molar-refractivity contribution in [2.45, 2.75) is 183 Å². The van der Waals surface area contributed by atoms with Crippen LogP contribution in [0.15, 0.2) is 30.3 Å². The molecule has 0 aliphatic carbocycles. The Labute approximate surface area is 513 Å². The van der Waals surface area contributed by atoms with E-state index in [2.05, 4.69) is 26.6 Å². The first-order valence-corrected chi connectivity index (χ1v) is 29.3. The normalized spacial score (nSPS) is 23.1. The van der Waals surface area contributed by atoms with Gasteiger partial charge < -0.3 is 88.2 Å². The van der Waals surface area contributed by atoms with E-state index in [0.717, 1.165) is 33.3 Å². The Morgan fingerprint density at radius 1 is 0.477 bits per heavy atom. The van der Waals surface area contributed by atoms with Crippen LogP contribution in [-0.4, -0.2) is 199 Å². The van der Waals surface area contributed by atoms with Gasteiger partial charge in [0.2, 0.25) is 23.6 Å². The van der Waals surface area contributed by atoms with Gasteiger partial charge in [-0.15, -0.1) is 0 Å². The smallest absolute Gasteiger partial charge is 0.407 e. The maximum absolute atomic E-state index is 13.0. The lowest BCUT2D eigenvalue weighted by Gasteiger charge is -2.45. The van der Waals surface area contributed by atoms with Crippen molar-refractivity contribution in [3.05, 3.63) is 35.9 Å². The molecule has 2 heterocycles. The molecular formula is C59H91N5O24. The highest BCUT2D eigenvalue weighted by Crippen LogP contribution is 2.31. The lowest BCUT2D eigenvalue weighted by molar-refractivity contribution is -0.278. The van der Waals surface area contributed by atoms with E-state index in [1.807, 2.05) is 45.9 Å². The van der Waals surface area contributed by atoms with Crippen LogP contribution in [0.25, 0.3) is 0 Å². The first-order chi connectivity index (χ1) is 41.6. The van der Waals surface area contributed by atoms with Gasteiger partial charge in [-0.05, 0) is 42.1 Å². The summed E-state index contributed by atoms with van der Waals surface area (Å²) >= 11 is 0. The summed E-state index contributed by atoms with van der Waals surface area (Å²) in [7, 11) is 0. The summed E-state index contributed by atoms with van der Waals surface area (Å²) in [6, 6.07) is 6.11. The molecule has 2 saturated heterocycles. The number of carbonyl (C=O) groups is 11. The van der Waals surface area contributed by atoms with Gasteiger partial charge in [-0.1, -0.05) is 58.0 Å². The third-order valence-corrected chi connectivity index (χ3v) is 14.2. The molecule has 0 radical (unpaired) electrons. The zero-order valence-electron chi connectivity index (χ0n) is 52.5. The van der Waals surface area contributed by atoms with Gasteiger partial charge in [0, 0.05) is 81.3 Å². The Hall–Kier alpha value is -7.05. The highest BCUT2D eigenvalue weighted by atomic mass is 16.7. The summed E-state index contributed by atoms with van der Waals surface area (Å²) < 4.78 is 73.6. The minimum absolute atomic E-state index is 0.00535. The van der Waals surface area contributed by atoms with Crippen LogP contribution in [0.3, 0.4) is 0 Å². The van der Waals surface area contributed by atoms with E-state index >= 15 is 0 Å². The third-order valence-electron chi connectivity index (χ3n) is 14.2. The lowest BCUT2D eigenvalue weighted by atomic mass is 9.93. The molecule has 14 atom stereocenters. The molecule has 496 valence electrons. The van der Waals surface area contributed by atoms with Crippen molar-refractivity contribution in [2.24, 2.45) is 23.7 Å². The summed E-state index contributed by atoms with van der Waals surface area (Å²) in [5, 5.41) is 13.9. The standard InChI is InChI=1S/C59H91N5O24/c1-33(18-24-78-57-51(62-37(5)65)55(85-43(11)71)53(83-41(9)69)47(87-57)31-80-39(7)67)35(3)26-60-49(73)20-22-76-29-46(64-59(75)82-28-45-16-14-13-15-17-45)30-77-23-21-50(74)61-27-36(4)34(2)19-25-79-58-52(63-38(6)66)56(86-44(12)72)54(84-42(10)70)48(88-58)32-81-40(8)68/h13-17,33-36,46-48,51-58H,18-32H2,1-12H3,(H,60,73)(H,61,74)(H,62,65)(H,63,66)(H,64,75)/t33?,34?,35?,36?,46?,47?,48?,51-,52-,53-,54-,55?,56?,57+,58+/m0/s1. The Morgan fingerprint density at radius 3 is 1.23 bits per heavy atom. The Balaban J connectivity index is 1.49. The molecule has 1 aromatic carbocycles. The van der Waals surface area contributed by atoms with Crippen LogP contribution in [0, 0.1) is 23.7 Å². The van der Waals surface area contributed by atoms with E-state index in [9.17, 15) is 52.7 Å². The molecule has 29 nitrogen and oxygen atoms in total. The molecule has 88 heavy (non-hydrogen) atoms. The summed E-state index contributed by atoms with van der Waals surface area (Å²) in [4.78, 5) is 135. The van der Waals surface area contributed by atoms with Crippen LogP contribution in [-0.2, 0) is 116 Å². The second-order valence-corrected chi connectivity index (χ2v) is 21.8. The molecule has 5 N–H and O–H groups in total. The molecule has 0 bridgehead atoms. The first-order valence-electron chi connectivity index (χ1n) is 29.3. The Bertz CT molecular complexity index is 2280. The number of hydrogen-bond acceptors (Lipinski definition) is 24. The van der Waals surface area contributed by atoms with Crippen LogP contribution in [0.2, 0.25) is 0 Å². The predicted molar refractivity (Wildman–Crippen MR) is 306 cm³/mol. The van der Waals surface area contributed by atoms with E-state index in [4.69, 9.17) is 61.6 Å². The fraction of sp³-hybridized carbons (Fsp3) is 0.712. The zero-order chi connectivity index (χ0) is 65.5. The van der Waals surface area contributed by atoms with E-state index in [1.54, 1.807) is 12.1 Å². The average Bonchev–Trinajstić information content (AvgIpc) is 1.25. The molecule has 2 aliphatic heterocycles. The maximum Gasteiger partial charge on any atom is 0.407 e. The molecule has 0 spiro atoms. The van der Waals surface area contributed by atoms with E-state index in [1.165, 1.54) is 27.7 Å². The van der Waals surface area contributed by atoms with Gasteiger partial charge in [-0.2, -0.15) is 0 Å². The maximum atomic E-state index is 13.0. The fourth-order valence-electron chi connectivity index (χ4n) is 9.15. The van der Waals surface area contributed by atoms with E-state index < -0.39 is 121 Å². The molecule has 0 aromatic heterocycles. The number of alkyl carbamates (subject to hydrolysis) is 1. The molecule has 5 amide bonds. The third kappa shape index (κ3) is 29.3. The topological polar surface area (TPSA) is 368 Å². The second kappa shape index (κ2) is 39.8. The van der Waals surface area contributed by atoms with Crippen LogP contribution in [0.4, 0.5) is 4.79 Å². The highest BCUT2D eigenvalue weighted by molar-refractivity contribution is 5.77. The summed E-state index contributed by atoms with van der Waals surface area (Å²) in [6.45, 7) is 17.1. The van der Waals surface area contributed by atoms with Crippen molar-refractivity contribution in [1.29, 1.82) is 0 Å². The van der Waals surface area contributed by atoms with Crippen LogP contribution in [0.1, 0.15) is 114 Å². The first kappa shape index (κ1) is 75.2. The number of benzene rings is 1. The van der Waals surface area contributed by atoms with Crippen LogP contribution < -0.4 is 26.6 Å². The van der Waals surface area contributed by atoms with Crippen molar-refractivity contribution >= 4 is 65.5 Å². The van der Waals surface area contributed by atoms with Crippen molar-refractivity contribution < 1.29 is 114 Å². The van der Waals surface area contributed by atoms with Crippen molar-refractivity contribution in [3.63, 3.8) is 0 Å². The average molecular weight is 1250 g/mol. The predicted octanol–water partition coefficient (Wildman–Crippen LogP) is 2.00. The SMILES string of the molecule is CC(=O)N[C@H]1C(OC(C)=O)[C@@H](OC(C)=O)C(COC(C)=O)O[C@H]1OCCC(C)C(C)CNC(=O)CCOCC(COCCC(=O)NCC(C)C(C)CCO[C@@H]1OC(COC(C)=O)[C@H](OC(C)=O)C(OC(C)=O)[C@@H]1NC(C)=O)NC(=O)OCc1ccccc1. The summed E-state index contributed by atoms with van der Waals surface area (Å²) in [5.41, 5.74) is 0.768. The van der Waals surface area contributed by atoms with E-state index in [0.29, 0.717) is 25.9 Å². The number of amides is 5. The molecule has 1 aromatic rings. The van der Waals surface area contributed by atoms with Gasteiger partial charge >= 0.3 is 41.9 Å². The number of carbonyl (C=O) groups excluding carboxylic acids is 11. The molecular weight excluding hydrogens is 1160 g/mol. The molecule has 29 heteroatoms. The Kier molecular flexibility index (Phi) is 34.0. The minimum atomic E-state index is -1.26. The second-order valence-electron chi connectivity index (χ2n) is 21.8. The van der Waals surface area contributed by atoms with Gasteiger partial charge in [0.1, 0.15) is 44.1 Å². The van der Waals surface area contributed by atoms with Gasteiger partial charge in [0.05, 0.1) is 45.7 Å². The van der Waals surface area contributed by atoms with Gasteiger partial charge in [-0.25, -0.2) is 4.79 Å². The molecule has 8 unspecified atom stereocenters. The highest BCUT2D eigenvalue weighted by Gasteiger charge is 2.53. The van der Waals surface area contributed by atoms with Gasteiger partial charge in [-0.3, -0.25) is 47.9 Å².